The summed E-state index contributed by atoms with van der Waals surface area (Å²) in [4.78, 5) is 17.8. The van der Waals surface area contributed by atoms with Crippen molar-refractivity contribution < 1.29 is 13.9 Å². The van der Waals surface area contributed by atoms with Crippen LogP contribution in [0.3, 0.4) is 0 Å². The summed E-state index contributed by atoms with van der Waals surface area (Å²) in [5.74, 6) is 1.67. The van der Waals surface area contributed by atoms with Gasteiger partial charge in [0, 0.05) is 49.9 Å². The number of hydrogen-bond donors (Lipinski definition) is 0. The van der Waals surface area contributed by atoms with E-state index in [1.165, 1.54) is 0 Å². The van der Waals surface area contributed by atoms with Crippen LogP contribution in [0.2, 0.25) is 5.02 Å². The van der Waals surface area contributed by atoms with Gasteiger partial charge in [0.1, 0.15) is 17.2 Å². The molecule has 0 saturated carbocycles. The number of anilines is 1. The molecule has 0 unspecified atom stereocenters. The Morgan fingerprint density at radius 1 is 1.03 bits per heavy atom. The van der Waals surface area contributed by atoms with E-state index in [1.807, 2.05) is 71.0 Å². The molecule has 0 aliphatic carbocycles. The zero-order valence-corrected chi connectivity index (χ0v) is 19.5. The minimum Gasteiger partial charge on any atom is -0.495 e. The van der Waals surface area contributed by atoms with Gasteiger partial charge in [-0.15, -0.1) is 0 Å². The lowest BCUT2D eigenvalue weighted by molar-refractivity contribution is 0.0736. The number of furan rings is 1. The minimum atomic E-state index is 0.00535. The summed E-state index contributed by atoms with van der Waals surface area (Å²) in [6.07, 6.45) is 0. The molecule has 2 aromatic heterocycles. The number of halogens is 1. The van der Waals surface area contributed by atoms with E-state index in [9.17, 15) is 4.79 Å². The summed E-state index contributed by atoms with van der Waals surface area (Å²) in [5, 5.41) is 0.684. The molecule has 6 nitrogen and oxygen atoms in total. The Kier molecular flexibility index (Phi) is 5.77. The standard InChI is InChI=1S/C26H26ClN3O3/c1-18-15-22-25(33-18)16-23(30(22)17-19-7-3-4-8-20(19)27)26(31)29-13-11-28(12-14-29)21-9-5-6-10-24(21)32-2/h3-10,15-16H,11-14,17H2,1-2H3. The van der Waals surface area contributed by atoms with Gasteiger partial charge in [0.25, 0.3) is 5.91 Å². The van der Waals surface area contributed by atoms with Crippen molar-refractivity contribution >= 4 is 34.3 Å². The third kappa shape index (κ3) is 4.07. The topological polar surface area (TPSA) is 50.9 Å². The average Bonchev–Trinajstić information content (AvgIpc) is 3.36. The molecule has 1 amide bonds. The van der Waals surface area contributed by atoms with E-state index in [0.717, 1.165) is 46.9 Å². The molecule has 0 atom stereocenters. The Bertz CT molecular complexity index is 1300. The summed E-state index contributed by atoms with van der Waals surface area (Å²) in [6.45, 7) is 5.17. The van der Waals surface area contributed by atoms with Gasteiger partial charge in [-0.25, -0.2) is 0 Å². The van der Waals surface area contributed by atoms with Gasteiger partial charge in [-0.2, -0.15) is 0 Å². The third-order valence-corrected chi connectivity index (χ3v) is 6.58. The van der Waals surface area contributed by atoms with Crippen LogP contribution in [0.5, 0.6) is 5.75 Å². The van der Waals surface area contributed by atoms with Crippen LogP contribution in [0.15, 0.2) is 65.1 Å². The molecule has 0 radical (unpaired) electrons. The zero-order chi connectivity index (χ0) is 22.9. The molecule has 3 heterocycles. The first-order valence-corrected chi connectivity index (χ1v) is 11.4. The number of benzene rings is 2. The van der Waals surface area contributed by atoms with Crippen molar-refractivity contribution in [2.24, 2.45) is 0 Å². The fraction of sp³-hybridized carbons (Fsp3) is 0.269. The maximum absolute atomic E-state index is 13.6. The van der Waals surface area contributed by atoms with Crippen LogP contribution in [-0.2, 0) is 6.54 Å². The molecule has 1 fully saturated rings. The number of fused-ring (bicyclic) bond motifs is 1. The third-order valence-electron chi connectivity index (χ3n) is 6.21. The minimum absolute atomic E-state index is 0.00535. The Morgan fingerprint density at radius 3 is 2.52 bits per heavy atom. The van der Waals surface area contributed by atoms with Crippen molar-refractivity contribution in [3.8, 4) is 5.75 Å². The lowest BCUT2D eigenvalue weighted by Gasteiger charge is -2.36. The van der Waals surface area contributed by atoms with Gasteiger partial charge in [-0.3, -0.25) is 4.79 Å². The highest BCUT2D eigenvalue weighted by Gasteiger charge is 2.27. The highest BCUT2D eigenvalue weighted by atomic mass is 35.5. The quantitative estimate of drug-likeness (QED) is 0.407. The number of piperazine rings is 1. The van der Waals surface area contributed by atoms with E-state index in [-0.39, 0.29) is 5.91 Å². The second-order valence-corrected chi connectivity index (χ2v) is 8.67. The number of carbonyl (C=O) groups excluding carboxylic acids is 1. The van der Waals surface area contributed by atoms with E-state index in [2.05, 4.69) is 11.0 Å². The molecular weight excluding hydrogens is 438 g/mol. The van der Waals surface area contributed by atoms with Crippen molar-refractivity contribution in [2.45, 2.75) is 13.5 Å². The van der Waals surface area contributed by atoms with Gasteiger partial charge in [0.15, 0.2) is 5.58 Å². The van der Waals surface area contributed by atoms with Crippen LogP contribution in [0.25, 0.3) is 11.1 Å². The summed E-state index contributed by atoms with van der Waals surface area (Å²) in [7, 11) is 1.68. The average molecular weight is 464 g/mol. The van der Waals surface area contributed by atoms with Crippen LogP contribution < -0.4 is 9.64 Å². The van der Waals surface area contributed by atoms with Gasteiger partial charge in [-0.1, -0.05) is 41.9 Å². The van der Waals surface area contributed by atoms with Crippen molar-refractivity contribution in [1.82, 2.24) is 9.47 Å². The van der Waals surface area contributed by atoms with E-state index >= 15 is 0 Å². The molecule has 170 valence electrons. The SMILES string of the molecule is COc1ccccc1N1CCN(C(=O)c2cc3oc(C)cc3n2Cc2ccccc2Cl)CC1. The van der Waals surface area contributed by atoms with Crippen LogP contribution >= 0.6 is 11.6 Å². The van der Waals surface area contributed by atoms with E-state index in [4.69, 9.17) is 20.8 Å². The summed E-state index contributed by atoms with van der Waals surface area (Å²) in [5.41, 5.74) is 4.26. The van der Waals surface area contributed by atoms with Crippen LogP contribution in [0.4, 0.5) is 5.69 Å². The molecule has 0 spiro atoms. The first kappa shape index (κ1) is 21.5. The molecule has 7 heteroatoms. The van der Waals surface area contributed by atoms with Crippen molar-refractivity contribution in [3.05, 3.63) is 82.7 Å². The number of amides is 1. The normalized spacial score (nSPS) is 14.2. The van der Waals surface area contributed by atoms with E-state index in [1.54, 1.807) is 7.11 Å². The Morgan fingerprint density at radius 2 is 1.76 bits per heavy atom. The first-order valence-electron chi connectivity index (χ1n) is 11.1. The number of nitrogens with zero attached hydrogens (tertiary/aromatic N) is 3. The number of para-hydroxylation sites is 2. The molecule has 4 aromatic rings. The zero-order valence-electron chi connectivity index (χ0n) is 18.8. The van der Waals surface area contributed by atoms with Gasteiger partial charge in [0.2, 0.25) is 0 Å². The maximum atomic E-state index is 13.6. The van der Waals surface area contributed by atoms with E-state index in [0.29, 0.717) is 30.4 Å². The van der Waals surface area contributed by atoms with Crippen molar-refractivity contribution in [1.29, 1.82) is 0 Å². The largest absolute Gasteiger partial charge is 0.495 e. The lowest BCUT2D eigenvalue weighted by Crippen LogP contribution is -2.49. The van der Waals surface area contributed by atoms with Gasteiger partial charge < -0.3 is 23.5 Å². The molecule has 1 aliphatic heterocycles. The second kappa shape index (κ2) is 8.87. The summed E-state index contributed by atoms with van der Waals surface area (Å²) < 4.78 is 13.4. The summed E-state index contributed by atoms with van der Waals surface area (Å²) in [6, 6.07) is 19.6. The number of ether oxygens (including phenoxy) is 1. The summed E-state index contributed by atoms with van der Waals surface area (Å²) >= 11 is 6.43. The highest BCUT2D eigenvalue weighted by Crippen LogP contribution is 2.30. The maximum Gasteiger partial charge on any atom is 0.270 e. The molecule has 1 aliphatic rings. The molecule has 1 saturated heterocycles. The molecular formula is C26H26ClN3O3. The smallest absolute Gasteiger partial charge is 0.270 e. The number of aryl methyl sites for hydroxylation is 1. The Labute approximate surface area is 197 Å². The monoisotopic (exact) mass is 463 g/mol. The Hall–Kier alpha value is -3.38. The molecule has 0 bridgehead atoms. The molecule has 2 aromatic carbocycles. The van der Waals surface area contributed by atoms with Gasteiger partial charge in [0.05, 0.1) is 18.3 Å². The predicted octanol–water partition coefficient (Wildman–Crippen LogP) is 5.22. The first-order chi connectivity index (χ1) is 16.0. The number of rotatable bonds is 5. The van der Waals surface area contributed by atoms with Crippen LogP contribution in [-0.4, -0.2) is 48.7 Å². The Balaban J connectivity index is 1.40. The lowest BCUT2D eigenvalue weighted by atomic mass is 10.2. The molecule has 0 N–H and O–H groups in total. The number of methoxy groups -OCH3 is 1. The van der Waals surface area contributed by atoms with Crippen LogP contribution in [0, 0.1) is 6.92 Å². The fourth-order valence-electron chi connectivity index (χ4n) is 4.51. The van der Waals surface area contributed by atoms with Crippen molar-refractivity contribution in [3.63, 3.8) is 0 Å². The predicted molar refractivity (Wildman–Crippen MR) is 131 cm³/mol. The highest BCUT2D eigenvalue weighted by molar-refractivity contribution is 6.31. The number of carbonyl (C=O) groups is 1. The van der Waals surface area contributed by atoms with Gasteiger partial charge >= 0.3 is 0 Å². The van der Waals surface area contributed by atoms with Crippen molar-refractivity contribution in [2.75, 3.05) is 38.2 Å². The number of aromatic nitrogens is 1. The molecule has 33 heavy (non-hydrogen) atoms. The molecule has 5 rings (SSSR count). The van der Waals surface area contributed by atoms with Crippen LogP contribution in [0.1, 0.15) is 21.8 Å². The number of hydrogen-bond acceptors (Lipinski definition) is 4. The fourth-order valence-corrected chi connectivity index (χ4v) is 4.71. The second-order valence-electron chi connectivity index (χ2n) is 8.26. The van der Waals surface area contributed by atoms with E-state index < -0.39 is 0 Å². The van der Waals surface area contributed by atoms with Gasteiger partial charge in [-0.05, 0) is 30.7 Å².